The van der Waals surface area contributed by atoms with E-state index in [9.17, 15) is 0 Å². The molecular weight excluding hydrogens is 777 g/mol. The Morgan fingerprint density at radius 1 is 0.317 bits per heavy atom. The molecular formula is C60H48N2Si. The maximum absolute atomic E-state index is 2.65. The lowest BCUT2D eigenvalue weighted by atomic mass is 9.84. The van der Waals surface area contributed by atoms with Crippen molar-refractivity contribution in [1.82, 2.24) is 9.13 Å². The van der Waals surface area contributed by atoms with Gasteiger partial charge in [0.1, 0.15) is 0 Å². The van der Waals surface area contributed by atoms with Crippen LogP contribution in [-0.2, 0) is 0 Å². The Kier molecular flexibility index (Phi) is 9.30. The average Bonchev–Trinajstić information content (AvgIpc) is 3.88. The summed E-state index contributed by atoms with van der Waals surface area (Å²) in [4.78, 5) is 0. The fourth-order valence-corrected chi connectivity index (χ4v) is 15.9. The molecule has 0 radical (unpaired) electrons. The molecule has 12 rings (SSSR count). The molecule has 63 heavy (non-hydrogen) atoms. The molecule has 0 amide bonds. The highest BCUT2D eigenvalue weighted by Crippen LogP contribution is 2.40. The minimum Gasteiger partial charge on any atom is -0.309 e. The zero-order chi connectivity index (χ0) is 41.7. The Balaban J connectivity index is 0.957. The SMILES string of the molecule is c1ccc([Si](c2ccccc2)(c2ccccc2)c2cccc(-c3ccc(-n4c5ccccc5c5cc(-n6c7ccccc7c7cc(C8CCCCC8)ccc76)ccc54)cc3)c2)cc1. The highest BCUT2D eigenvalue weighted by molar-refractivity contribution is 7.19. The molecule has 0 unspecified atom stereocenters. The minimum atomic E-state index is -2.65. The van der Waals surface area contributed by atoms with Crippen molar-refractivity contribution < 1.29 is 0 Å². The van der Waals surface area contributed by atoms with Crippen LogP contribution in [0.1, 0.15) is 43.6 Å². The molecule has 0 atom stereocenters. The van der Waals surface area contributed by atoms with Gasteiger partial charge < -0.3 is 9.13 Å². The first-order chi connectivity index (χ1) is 31.3. The van der Waals surface area contributed by atoms with Crippen molar-refractivity contribution in [2.24, 2.45) is 0 Å². The molecule has 11 aromatic rings. The van der Waals surface area contributed by atoms with E-state index < -0.39 is 8.07 Å². The lowest BCUT2D eigenvalue weighted by Crippen LogP contribution is -2.74. The van der Waals surface area contributed by atoms with E-state index in [1.165, 1.54) is 119 Å². The van der Waals surface area contributed by atoms with Gasteiger partial charge >= 0.3 is 0 Å². The molecule has 302 valence electrons. The van der Waals surface area contributed by atoms with Crippen molar-refractivity contribution >= 4 is 72.4 Å². The van der Waals surface area contributed by atoms with Gasteiger partial charge in [-0.3, -0.25) is 0 Å². The molecule has 0 spiro atoms. The van der Waals surface area contributed by atoms with E-state index in [-0.39, 0.29) is 0 Å². The number of aromatic nitrogens is 2. The number of hydrogen-bond acceptors (Lipinski definition) is 0. The third-order valence-corrected chi connectivity index (χ3v) is 18.8. The summed E-state index contributed by atoms with van der Waals surface area (Å²) in [7, 11) is -2.65. The first-order valence-corrected chi connectivity index (χ1v) is 24.7. The van der Waals surface area contributed by atoms with Crippen molar-refractivity contribution in [2.75, 3.05) is 0 Å². The number of benzene rings is 9. The summed E-state index contributed by atoms with van der Waals surface area (Å²) in [5, 5.41) is 10.7. The maximum Gasteiger partial charge on any atom is 0.179 e. The van der Waals surface area contributed by atoms with Gasteiger partial charge in [0.05, 0.1) is 22.1 Å². The molecule has 0 aliphatic heterocycles. The van der Waals surface area contributed by atoms with Crippen LogP contribution in [-0.4, -0.2) is 17.2 Å². The highest BCUT2D eigenvalue weighted by Gasteiger charge is 2.41. The third-order valence-electron chi connectivity index (χ3n) is 14.1. The van der Waals surface area contributed by atoms with Crippen LogP contribution in [0, 0.1) is 0 Å². The number of nitrogens with zero attached hydrogens (tertiary/aromatic N) is 2. The van der Waals surface area contributed by atoms with Crippen molar-refractivity contribution in [3.05, 3.63) is 230 Å². The fourth-order valence-electron chi connectivity index (χ4n) is 11.1. The number of para-hydroxylation sites is 2. The van der Waals surface area contributed by atoms with E-state index in [2.05, 4.69) is 234 Å². The van der Waals surface area contributed by atoms with Gasteiger partial charge in [-0.15, -0.1) is 0 Å². The summed E-state index contributed by atoms with van der Waals surface area (Å²) >= 11 is 0. The van der Waals surface area contributed by atoms with E-state index in [1.54, 1.807) is 0 Å². The minimum absolute atomic E-state index is 0.673. The van der Waals surface area contributed by atoms with Gasteiger partial charge in [0.2, 0.25) is 0 Å². The van der Waals surface area contributed by atoms with Crippen LogP contribution in [0.4, 0.5) is 0 Å². The van der Waals surface area contributed by atoms with Crippen molar-refractivity contribution in [1.29, 1.82) is 0 Å². The molecule has 9 aromatic carbocycles. The first-order valence-electron chi connectivity index (χ1n) is 22.7. The Labute approximate surface area is 370 Å². The summed E-state index contributed by atoms with van der Waals surface area (Å²) in [5.74, 6) is 0.673. The summed E-state index contributed by atoms with van der Waals surface area (Å²) < 4.78 is 4.92. The van der Waals surface area contributed by atoms with E-state index >= 15 is 0 Å². The molecule has 3 heteroatoms. The number of hydrogen-bond donors (Lipinski definition) is 0. The highest BCUT2D eigenvalue weighted by atomic mass is 28.3. The molecule has 2 aromatic heterocycles. The summed E-state index contributed by atoms with van der Waals surface area (Å²) in [5.41, 5.74) is 11.2. The normalized spacial score (nSPS) is 13.7. The summed E-state index contributed by atoms with van der Waals surface area (Å²) in [6, 6.07) is 84.3. The quantitative estimate of drug-likeness (QED) is 0.107. The summed E-state index contributed by atoms with van der Waals surface area (Å²) in [6.45, 7) is 0. The predicted octanol–water partition coefficient (Wildman–Crippen LogP) is 13.0. The topological polar surface area (TPSA) is 9.86 Å². The smallest absolute Gasteiger partial charge is 0.179 e. The van der Waals surface area contributed by atoms with Crippen molar-refractivity contribution in [3.8, 4) is 22.5 Å². The number of fused-ring (bicyclic) bond motifs is 6. The van der Waals surface area contributed by atoms with Gasteiger partial charge in [-0.1, -0.05) is 189 Å². The lowest BCUT2D eigenvalue weighted by molar-refractivity contribution is 0.444. The fraction of sp³-hybridized carbons (Fsp3) is 0.100. The zero-order valence-corrected chi connectivity index (χ0v) is 36.4. The largest absolute Gasteiger partial charge is 0.309 e. The van der Waals surface area contributed by atoms with E-state index in [0.717, 1.165) is 5.69 Å². The van der Waals surface area contributed by atoms with Gasteiger partial charge in [0.15, 0.2) is 8.07 Å². The molecule has 0 saturated heterocycles. The van der Waals surface area contributed by atoms with Crippen molar-refractivity contribution in [2.45, 2.75) is 38.0 Å². The Bertz CT molecular complexity index is 3320. The molecule has 0 bridgehead atoms. The Morgan fingerprint density at radius 3 is 1.40 bits per heavy atom. The maximum atomic E-state index is 2.50. The van der Waals surface area contributed by atoms with Crippen LogP contribution >= 0.6 is 0 Å². The first kappa shape index (κ1) is 37.5. The van der Waals surface area contributed by atoms with Crippen LogP contribution < -0.4 is 20.7 Å². The van der Waals surface area contributed by atoms with Gasteiger partial charge in [-0.2, -0.15) is 0 Å². The zero-order valence-electron chi connectivity index (χ0n) is 35.4. The second-order valence-corrected chi connectivity index (χ2v) is 21.3. The molecule has 0 N–H and O–H groups in total. The van der Waals surface area contributed by atoms with Gasteiger partial charge in [0, 0.05) is 32.9 Å². The predicted molar refractivity (Wildman–Crippen MR) is 270 cm³/mol. The van der Waals surface area contributed by atoms with Crippen LogP contribution in [0.2, 0.25) is 0 Å². The lowest BCUT2D eigenvalue weighted by Gasteiger charge is -2.34. The van der Waals surface area contributed by atoms with Crippen LogP contribution in [0.5, 0.6) is 0 Å². The Hall–Kier alpha value is -7.20. The van der Waals surface area contributed by atoms with E-state index in [1.807, 2.05) is 0 Å². The molecule has 1 saturated carbocycles. The molecule has 1 aliphatic carbocycles. The Morgan fingerprint density at radius 2 is 0.794 bits per heavy atom. The van der Waals surface area contributed by atoms with Crippen LogP contribution in [0.15, 0.2) is 224 Å². The van der Waals surface area contributed by atoms with Gasteiger partial charge in [0.25, 0.3) is 0 Å². The number of rotatable bonds is 8. The average molecular weight is 825 g/mol. The van der Waals surface area contributed by atoms with E-state index in [4.69, 9.17) is 0 Å². The molecule has 1 aliphatic rings. The monoisotopic (exact) mass is 824 g/mol. The van der Waals surface area contributed by atoms with E-state index in [0.29, 0.717) is 5.92 Å². The van der Waals surface area contributed by atoms with Gasteiger partial charge in [-0.25, -0.2) is 0 Å². The third kappa shape index (κ3) is 6.21. The van der Waals surface area contributed by atoms with Crippen LogP contribution in [0.3, 0.4) is 0 Å². The van der Waals surface area contributed by atoms with Crippen molar-refractivity contribution in [3.63, 3.8) is 0 Å². The summed E-state index contributed by atoms with van der Waals surface area (Å²) in [6.07, 6.45) is 6.68. The standard InChI is InChI=1S/C60H48N2Si/c1-5-18-43(19-6-1)46-34-38-59-55(41-46)53-28-13-16-31-58(53)62(59)48-37-39-60-56(42-48)54-29-14-15-30-57(54)61(60)47-35-32-44(33-36-47)45-20-17-27-52(40-45)63(49-21-7-2-8-22-49,50-23-9-3-10-24-50)51-25-11-4-12-26-51/h2-4,7-17,20-43H,1,5-6,18-19H2. The molecule has 2 heterocycles. The second kappa shape index (κ2) is 15.6. The molecule has 2 nitrogen and oxygen atoms in total. The molecule has 1 fully saturated rings. The van der Waals surface area contributed by atoms with Crippen LogP contribution in [0.25, 0.3) is 66.1 Å². The second-order valence-electron chi connectivity index (χ2n) is 17.5. The van der Waals surface area contributed by atoms with Gasteiger partial charge in [-0.05, 0) is 111 Å².